The first-order chi connectivity index (χ1) is 50.0. The first-order valence-electron chi connectivity index (χ1n) is 35.3. The monoisotopic (exact) mass is 1420 g/mol. The molecular formula is C74H98N16O13. The average Bonchev–Trinajstić information content (AvgIpc) is 1.61. The van der Waals surface area contributed by atoms with E-state index in [9.17, 15) is 33.6 Å². The van der Waals surface area contributed by atoms with Gasteiger partial charge < -0.3 is 80.4 Å². The summed E-state index contributed by atoms with van der Waals surface area (Å²) in [6, 6.07) is 27.6. The second-order valence-corrected chi connectivity index (χ2v) is 25.8. The van der Waals surface area contributed by atoms with Gasteiger partial charge in [-0.25, -0.2) is 19.6 Å². The third kappa shape index (κ3) is 22.7. The number of nitrogens with two attached hydrogens (primary N) is 1. The van der Waals surface area contributed by atoms with Gasteiger partial charge in [-0.1, -0.05) is 100 Å². The number of primary amides is 1. The predicted octanol–water partition coefficient (Wildman–Crippen LogP) is 7.22. The summed E-state index contributed by atoms with van der Waals surface area (Å²) in [4.78, 5) is 107. The number of hydrogen-bond donors (Lipinski definition) is 8. The summed E-state index contributed by atoms with van der Waals surface area (Å²) in [5.74, 6) is 0.0225. The van der Waals surface area contributed by atoms with Crippen LogP contribution >= 0.6 is 0 Å². The van der Waals surface area contributed by atoms with Crippen LogP contribution in [0.1, 0.15) is 100 Å². The van der Waals surface area contributed by atoms with Crippen molar-refractivity contribution in [2.24, 2.45) is 11.7 Å². The van der Waals surface area contributed by atoms with Crippen LogP contribution in [-0.2, 0) is 73.9 Å². The van der Waals surface area contributed by atoms with Crippen LogP contribution in [0.15, 0.2) is 103 Å². The SMILES string of the molecule is CCCCCNc1nc(C)nc2ccn(Cc3ccc(CN4CC(N(C)C(=O)OCc5ccc(NC(=O)[C@H](CCCNC(N)=O)NC(=O)[C@@H](NC(=O)CCOCCOCCOCCOCCNC(=O)CCC(=O)N6Cc7ccccc7-c7n[nH]nc7-c7ccccc76)C(C)C)cc5)C4)cc3OC)c12. The van der Waals surface area contributed by atoms with Gasteiger partial charge in [0.05, 0.1) is 90.3 Å². The molecule has 2 aliphatic heterocycles. The quantitative estimate of drug-likeness (QED) is 0.0175. The van der Waals surface area contributed by atoms with Crippen LogP contribution < -0.4 is 47.3 Å². The van der Waals surface area contributed by atoms with Gasteiger partial charge in [0, 0.05) is 94.2 Å². The summed E-state index contributed by atoms with van der Waals surface area (Å²) in [5, 5.41) is 28.8. The van der Waals surface area contributed by atoms with Gasteiger partial charge in [-0.15, -0.1) is 0 Å². The number of amides is 8. The molecular weight excluding hydrogens is 1320 g/mol. The molecule has 9 N–H and O–H groups in total. The highest BCUT2D eigenvalue weighted by Crippen LogP contribution is 2.40. The summed E-state index contributed by atoms with van der Waals surface area (Å²) in [7, 11) is 3.41. The predicted molar refractivity (Wildman–Crippen MR) is 389 cm³/mol. The number of anilines is 3. The van der Waals surface area contributed by atoms with Crippen LogP contribution in [0.25, 0.3) is 33.5 Å². The summed E-state index contributed by atoms with van der Waals surface area (Å²) >= 11 is 0. The van der Waals surface area contributed by atoms with Crippen LogP contribution in [0.5, 0.6) is 5.75 Å². The van der Waals surface area contributed by atoms with E-state index in [1.807, 2.05) is 67.7 Å². The maximum atomic E-state index is 13.8. The zero-order chi connectivity index (χ0) is 73.0. The Labute approximate surface area is 600 Å². The number of rotatable bonds is 41. The summed E-state index contributed by atoms with van der Waals surface area (Å²) in [5.41, 5.74) is 15.0. The Bertz CT molecular complexity index is 3950. The van der Waals surface area contributed by atoms with E-state index in [2.05, 4.69) is 86.9 Å². The Kier molecular flexibility index (Phi) is 29.5. The molecule has 1 saturated heterocycles. The fourth-order valence-electron chi connectivity index (χ4n) is 12.1. The number of aromatic nitrogens is 6. The van der Waals surface area contributed by atoms with Crippen molar-refractivity contribution >= 4 is 69.9 Å². The highest BCUT2D eigenvalue weighted by atomic mass is 16.6. The van der Waals surface area contributed by atoms with Crippen molar-refractivity contribution < 1.29 is 62.0 Å². The van der Waals surface area contributed by atoms with Crippen LogP contribution in [0.4, 0.5) is 26.8 Å². The van der Waals surface area contributed by atoms with E-state index in [0.29, 0.717) is 88.2 Å². The fourth-order valence-corrected chi connectivity index (χ4v) is 12.1. The molecule has 0 unspecified atom stereocenters. The number of hydrogen-bond acceptors (Lipinski definition) is 19. The minimum Gasteiger partial charge on any atom is -0.496 e. The molecule has 552 valence electrons. The summed E-state index contributed by atoms with van der Waals surface area (Å²) in [6.45, 7) is 13.9. The molecule has 29 heteroatoms. The number of carbonyl (C=O) groups is 7. The molecule has 8 amide bonds. The largest absolute Gasteiger partial charge is 0.496 e. The highest BCUT2D eigenvalue weighted by Gasteiger charge is 2.34. The number of nitrogens with one attached hydrogen (secondary N) is 7. The molecule has 5 heterocycles. The van der Waals surface area contributed by atoms with Crippen LogP contribution in [0.3, 0.4) is 0 Å². The molecule has 0 radical (unpaired) electrons. The zero-order valence-corrected chi connectivity index (χ0v) is 59.8. The standard InChI is InChI=1S/C74H98N16O13/c1-7-8-13-30-77-70-69-59(79-50(4)80-70)28-33-89(69)44-54-23-20-52(42-62(54)98-6)43-88-46-56(47-88)87(5)74(97)103-48-51-21-24-55(25-22-51)81-71(94)60(18-14-31-78-73(75)96)82-72(95)66(49(2)3)83-64(92)29-34-99-36-38-101-40-41-102-39-37-100-35-32-76-63(91)26-27-65(93)90-45-53-15-9-10-16-57(53)67-68(85-86-84-67)58-17-11-12-19-61(58)90/h9-12,15-17,19-25,28,33,42,49,56,60,66H,7-8,13-14,18,26-27,29-32,34-41,43-48H2,1-6H3,(H,76,91)(H,81,94)(H,82,95)(H,83,92)(H3,75,78,96)(H,77,79,80)(H,84,85,86)/t60-,66-/m0/s1. The summed E-state index contributed by atoms with van der Waals surface area (Å²) < 4.78 is 36.1. The van der Waals surface area contributed by atoms with Crippen molar-refractivity contribution in [3.63, 3.8) is 0 Å². The molecule has 0 bridgehead atoms. The van der Waals surface area contributed by atoms with Crippen molar-refractivity contribution in [2.45, 2.75) is 123 Å². The molecule has 2 atom stereocenters. The number of methoxy groups -OCH3 is 1. The minimum absolute atomic E-state index is 0.00279. The third-order valence-corrected chi connectivity index (χ3v) is 17.7. The van der Waals surface area contributed by atoms with Crippen LogP contribution in [0.2, 0.25) is 0 Å². The van der Waals surface area contributed by atoms with Crippen molar-refractivity contribution in [1.82, 2.24) is 61.0 Å². The molecule has 0 spiro atoms. The molecule has 4 aromatic carbocycles. The minimum atomic E-state index is -1.06. The molecule has 3 aromatic heterocycles. The lowest BCUT2D eigenvalue weighted by atomic mass is 9.95. The van der Waals surface area contributed by atoms with E-state index < -0.39 is 41.9 Å². The first kappa shape index (κ1) is 77.1. The molecule has 29 nitrogen and oxygen atoms in total. The number of ether oxygens (including phenoxy) is 6. The van der Waals surface area contributed by atoms with Gasteiger partial charge in [0.1, 0.15) is 47.2 Å². The molecule has 7 aromatic rings. The van der Waals surface area contributed by atoms with Gasteiger partial charge in [-0.2, -0.15) is 15.4 Å². The van der Waals surface area contributed by atoms with E-state index in [4.69, 9.17) is 39.1 Å². The Morgan fingerprint density at radius 3 is 2.11 bits per heavy atom. The van der Waals surface area contributed by atoms with Gasteiger partial charge >= 0.3 is 12.1 Å². The number of aromatic amines is 1. The normalized spacial score (nSPS) is 13.3. The second kappa shape index (κ2) is 39.4. The smallest absolute Gasteiger partial charge is 0.410 e. The van der Waals surface area contributed by atoms with Gasteiger partial charge in [0.25, 0.3) is 0 Å². The number of nitrogens with zero attached hydrogens (tertiary/aromatic N) is 8. The Morgan fingerprint density at radius 1 is 0.699 bits per heavy atom. The number of para-hydroxylation sites is 1. The highest BCUT2D eigenvalue weighted by molar-refractivity contribution is 6.01. The number of benzene rings is 4. The Balaban J connectivity index is 0.612. The molecule has 0 aliphatic carbocycles. The number of carbonyl (C=O) groups excluding carboxylic acids is 7. The number of aryl methyl sites for hydroxylation is 1. The molecule has 103 heavy (non-hydrogen) atoms. The molecule has 1 fully saturated rings. The second-order valence-electron chi connectivity index (χ2n) is 25.8. The number of fused-ring (bicyclic) bond motifs is 6. The van der Waals surface area contributed by atoms with Crippen molar-refractivity contribution in [3.8, 4) is 28.3 Å². The number of likely N-dealkylation sites (tertiary alicyclic amines) is 1. The Morgan fingerprint density at radius 2 is 1.39 bits per heavy atom. The summed E-state index contributed by atoms with van der Waals surface area (Å²) in [6.07, 6.45) is 5.36. The lowest BCUT2D eigenvalue weighted by Gasteiger charge is -2.43. The molecule has 9 rings (SSSR count). The van der Waals surface area contributed by atoms with Crippen LogP contribution in [-0.4, -0.2) is 199 Å². The van der Waals surface area contributed by atoms with Gasteiger partial charge in [-0.3, -0.25) is 28.9 Å². The lowest BCUT2D eigenvalue weighted by Crippen LogP contribution is -2.59. The molecule has 2 aliphatic rings. The number of unbranched alkanes of at least 4 members (excludes halogenated alkanes) is 2. The van der Waals surface area contributed by atoms with Gasteiger partial charge in [-0.05, 0) is 79.1 Å². The third-order valence-electron chi connectivity index (χ3n) is 17.7. The van der Waals surface area contributed by atoms with E-state index in [1.54, 1.807) is 62.1 Å². The van der Waals surface area contributed by atoms with Crippen molar-refractivity contribution in [3.05, 3.63) is 131 Å². The van der Waals surface area contributed by atoms with E-state index >= 15 is 0 Å². The topological polar surface area (TPSA) is 355 Å². The Hall–Kier alpha value is -10.1. The number of likely N-dealkylation sites (N-methyl/N-ethyl adjacent to an activating group) is 1. The number of H-pyrrole nitrogens is 1. The maximum Gasteiger partial charge on any atom is 0.410 e. The van der Waals surface area contributed by atoms with E-state index in [0.717, 1.165) is 87.7 Å². The maximum absolute atomic E-state index is 13.8. The number of urea groups is 1. The fraction of sp³-hybridized carbons (Fsp3) is 0.473. The van der Waals surface area contributed by atoms with Crippen LogP contribution in [0, 0.1) is 12.8 Å². The van der Waals surface area contributed by atoms with Gasteiger partial charge in [0.2, 0.25) is 29.5 Å². The lowest BCUT2D eigenvalue weighted by molar-refractivity contribution is -0.132. The van der Waals surface area contributed by atoms with E-state index in [-0.39, 0.29) is 95.6 Å². The van der Waals surface area contributed by atoms with Crippen molar-refractivity contribution in [1.29, 1.82) is 0 Å². The zero-order valence-electron chi connectivity index (χ0n) is 59.8. The van der Waals surface area contributed by atoms with E-state index in [1.165, 1.54) is 0 Å². The van der Waals surface area contributed by atoms with Gasteiger partial charge in [0.15, 0.2) is 5.82 Å². The van der Waals surface area contributed by atoms with Crippen molar-refractivity contribution in [2.75, 3.05) is 115 Å². The molecule has 0 saturated carbocycles. The first-order valence-corrected chi connectivity index (χ1v) is 35.3. The average molecular weight is 1420 g/mol.